The molecule has 1 aliphatic rings. The molecule has 2 aromatic rings. The summed E-state index contributed by atoms with van der Waals surface area (Å²) in [6.07, 6.45) is 6.79. The summed E-state index contributed by atoms with van der Waals surface area (Å²) >= 11 is 0. The van der Waals surface area contributed by atoms with Gasteiger partial charge < -0.3 is 10.6 Å². The summed E-state index contributed by atoms with van der Waals surface area (Å²) in [5, 5.41) is 7.81. The molecule has 0 saturated carbocycles. The van der Waals surface area contributed by atoms with Crippen LogP contribution in [0.25, 0.3) is 0 Å². The van der Waals surface area contributed by atoms with Crippen molar-refractivity contribution < 1.29 is 0 Å². The zero-order valence-corrected chi connectivity index (χ0v) is 12.1. The zero-order valence-electron chi connectivity index (χ0n) is 12.1. The molecule has 0 unspecified atom stereocenters. The van der Waals surface area contributed by atoms with Crippen LogP contribution in [0.3, 0.4) is 0 Å². The van der Waals surface area contributed by atoms with E-state index in [4.69, 9.17) is 16.1 Å². The number of pyridine rings is 2. The summed E-state index contributed by atoms with van der Waals surface area (Å²) in [6.45, 7) is 0.694. The standard InChI is InChI=1S/C16H19N5/c1-21(10-11-4-3-7-19-9-11)16-13(15(17)18)8-12-5-2-6-14(12)20-16/h3-4,7-9H,2,5-6,10H2,1H3,(H3,17,18). The number of nitrogens with zero attached hydrogens (tertiary/aromatic N) is 3. The number of rotatable bonds is 4. The number of hydrogen-bond donors (Lipinski definition) is 2. The first-order chi connectivity index (χ1) is 10.1. The second kappa shape index (κ2) is 5.52. The lowest BCUT2D eigenvalue weighted by molar-refractivity contribution is 0.869. The fraction of sp³-hybridized carbons (Fsp3) is 0.312. The summed E-state index contributed by atoms with van der Waals surface area (Å²) in [5.74, 6) is 0.859. The predicted octanol–water partition coefficient (Wildman–Crippen LogP) is 1.89. The number of nitrogen functional groups attached to an aromatic ring is 1. The number of fused-ring (bicyclic) bond motifs is 1. The van der Waals surface area contributed by atoms with Crippen LogP contribution in [0.4, 0.5) is 5.82 Å². The maximum atomic E-state index is 7.81. The molecule has 2 heterocycles. The van der Waals surface area contributed by atoms with Gasteiger partial charge in [0.25, 0.3) is 0 Å². The van der Waals surface area contributed by atoms with E-state index in [0.29, 0.717) is 6.54 Å². The van der Waals surface area contributed by atoms with Gasteiger partial charge in [-0.05, 0) is 42.5 Å². The molecule has 21 heavy (non-hydrogen) atoms. The van der Waals surface area contributed by atoms with Gasteiger partial charge in [0.2, 0.25) is 0 Å². The first-order valence-corrected chi connectivity index (χ1v) is 7.12. The van der Waals surface area contributed by atoms with Crippen LogP contribution in [0, 0.1) is 5.41 Å². The van der Waals surface area contributed by atoms with Crippen molar-refractivity contribution in [2.45, 2.75) is 25.8 Å². The highest BCUT2D eigenvalue weighted by atomic mass is 15.2. The molecule has 5 heteroatoms. The van der Waals surface area contributed by atoms with Gasteiger partial charge in [0.15, 0.2) is 0 Å². The van der Waals surface area contributed by atoms with Gasteiger partial charge in [-0.1, -0.05) is 6.07 Å². The zero-order chi connectivity index (χ0) is 14.8. The van der Waals surface area contributed by atoms with Gasteiger partial charge in [-0.3, -0.25) is 10.4 Å². The van der Waals surface area contributed by atoms with Crippen molar-refractivity contribution in [3.63, 3.8) is 0 Å². The third kappa shape index (κ3) is 2.72. The number of aryl methyl sites for hydroxylation is 2. The smallest absolute Gasteiger partial charge is 0.139 e. The van der Waals surface area contributed by atoms with Gasteiger partial charge in [-0.25, -0.2) is 4.98 Å². The Morgan fingerprint density at radius 1 is 1.43 bits per heavy atom. The number of aromatic nitrogens is 2. The molecule has 108 valence electrons. The topological polar surface area (TPSA) is 78.9 Å². The summed E-state index contributed by atoms with van der Waals surface area (Å²) in [7, 11) is 1.98. The SMILES string of the molecule is CN(Cc1cccnc1)c1nc2c(cc1C(=N)N)CCC2. The Hall–Kier alpha value is -2.43. The van der Waals surface area contributed by atoms with E-state index in [-0.39, 0.29) is 5.84 Å². The molecule has 0 amide bonds. The van der Waals surface area contributed by atoms with Crippen molar-refractivity contribution in [1.82, 2.24) is 9.97 Å². The minimum Gasteiger partial charge on any atom is -0.384 e. The molecule has 3 N–H and O–H groups in total. The quantitative estimate of drug-likeness (QED) is 0.662. The second-order valence-electron chi connectivity index (χ2n) is 5.45. The van der Waals surface area contributed by atoms with Crippen LogP contribution in [0.2, 0.25) is 0 Å². The summed E-state index contributed by atoms with van der Waals surface area (Å²) in [5.41, 5.74) is 9.96. The fourth-order valence-electron chi connectivity index (χ4n) is 2.79. The van der Waals surface area contributed by atoms with Crippen LogP contribution in [-0.2, 0) is 19.4 Å². The van der Waals surface area contributed by atoms with E-state index in [2.05, 4.69) is 4.98 Å². The molecule has 5 nitrogen and oxygen atoms in total. The van der Waals surface area contributed by atoms with Crippen molar-refractivity contribution in [1.29, 1.82) is 5.41 Å². The predicted molar refractivity (Wildman–Crippen MR) is 83.6 cm³/mol. The molecule has 1 aliphatic carbocycles. The Kier molecular flexibility index (Phi) is 3.56. The summed E-state index contributed by atoms with van der Waals surface area (Å²) in [6, 6.07) is 5.99. The molecule has 2 aromatic heterocycles. The van der Waals surface area contributed by atoms with Crippen molar-refractivity contribution in [2.75, 3.05) is 11.9 Å². The normalized spacial score (nSPS) is 13.0. The van der Waals surface area contributed by atoms with Crippen molar-refractivity contribution in [2.24, 2.45) is 5.73 Å². The minimum absolute atomic E-state index is 0.0743. The Morgan fingerprint density at radius 3 is 3.00 bits per heavy atom. The molecule has 0 aromatic carbocycles. The van der Waals surface area contributed by atoms with Crippen LogP contribution in [0.15, 0.2) is 30.6 Å². The van der Waals surface area contributed by atoms with E-state index in [1.807, 2.05) is 36.3 Å². The average molecular weight is 281 g/mol. The van der Waals surface area contributed by atoms with E-state index < -0.39 is 0 Å². The average Bonchev–Trinajstić information content (AvgIpc) is 2.94. The van der Waals surface area contributed by atoms with E-state index in [0.717, 1.165) is 41.9 Å². The van der Waals surface area contributed by atoms with Crippen LogP contribution >= 0.6 is 0 Å². The molecular weight excluding hydrogens is 262 g/mol. The number of amidine groups is 1. The van der Waals surface area contributed by atoms with E-state index in [1.54, 1.807) is 6.20 Å². The van der Waals surface area contributed by atoms with Gasteiger partial charge in [0.05, 0.1) is 5.56 Å². The van der Waals surface area contributed by atoms with Gasteiger partial charge >= 0.3 is 0 Å². The number of hydrogen-bond acceptors (Lipinski definition) is 4. The van der Waals surface area contributed by atoms with E-state index >= 15 is 0 Å². The highest BCUT2D eigenvalue weighted by molar-refractivity contribution is 5.99. The molecule has 3 rings (SSSR count). The fourth-order valence-corrected chi connectivity index (χ4v) is 2.79. The van der Waals surface area contributed by atoms with Gasteiger partial charge in [0.1, 0.15) is 11.7 Å². The molecule has 0 aliphatic heterocycles. The molecule has 0 saturated heterocycles. The van der Waals surface area contributed by atoms with Crippen molar-refractivity contribution in [3.05, 3.63) is 53.0 Å². The molecule has 0 radical (unpaired) electrons. The highest BCUT2D eigenvalue weighted by Gasteiger charge is 2.19. The van der Waals surface area contributed by atoms with Gasteiger partial charge in [0, 0.05) is 31.7 Å². The second-order valence-corrected chi connectivity index (χ2v) is 5.45. The first kappa shape index (κ1) is 13.5. The number of anilines is 1. The Balaban J connectivity index is 1.95. The number of nitrogens with two attached hydrogens (primary N) is 1. The summed E-state index contributed by atoms with van der Waals surface area (Å²) < 4.78 is 0. The molecule has 0 bridgehead atoms. The largest absolute Gasteiger partial charge is 0.384 e. The van der Waals surface area contributed by atoms with E-state index in [9.17, 15) is 0 Å². The van der Waals surface area contributed by atoms with Gasteiger partial charge in [-0.2, -0.15) is 0 Å². The lowest BCUT2D eigenvalue weighted by Gasteiger charge is -2.22. The van der Waals surface area contributed by atoms with E-state index in [1.165, 1.54) is 5.56 Å². The molecule has 0 fully saturated rings. The molecule has 0 atom stereocenters. The molecular formula is C16H19N5. The monoisotopic (exact) mass is 281 g/mol. The third-order valence-electron chi connectivity index (χ3n) is 3.82. The van der Waals surface area contributed by atoms with Crippen LogP contribution < -0.4 is 10.6 Å². The maximum absolute atomic E-state index is 7.81. The Labute approximate surface area is 124 Å². The maximum Gasteiger partial charge on any atom is 0.139 e. The Morgan fingerprint density at radius 2 is 2.29 bits per heavy atom. The molecule has 0 spiro atoms. The first-order valence-electron chi connectivity index (χ1n) is 7.12. The number of nitrogens with one attached hydrogen (secondary N) is 1. The third-order valence-corrected chi connectivity index (χ3v) is 3.82. The van der Waals surface area contributed by atoms with Crippen LogP contribution in [0.1, 0.15) is 28.8 Å². The summed E-state index contributed by atoms with van der Waals surface area (Å²) in [4.78, 5) is 10.9. The van der Waals surface area contributed by atoms with Crippen LogP contribution in [-0.4, -0.2) is 22.9 Å². The lowest BCUT2D eigenvalue weighted by atomic mass is 10.1. The van der Waals surface area contributed by atoms with Crippen molar-refractivity contribution >= 4 is 11.7 Å². The highest BCUT2D eigenvalue weighted by Crippen LogP contribution is 2.27. The van der Waals surface area contributed by atoms with Crippen LogP contribution in [0.5, 0.6) is 0 Å². The minimum atomic E-state index is 0.0743. The Bertz CT molecular complexity index is 666. The lowest BCUT2D eigenvalue weighted by Crippen LogP contribution is -2.24. The van der Waals surface area contributed by atoms with Gasteiger partial charge in [-0.15, -0.1) is 0 Å². The van der Waals surface area contributed by atoms with Crippen molar-refractivity contribution in [3.8, 4) is 0 Å².